The van der Waals surface area contributed by atoms with Crippen molar-refractivity contribution in [2.24, 2.45) is 0 Å². The third-order valence-electron chi connectivity index (χ3n) is 11.2. The first-order valence-corrected chi connectivity index (χ1v) is 24.4. The number of pyridine rings is 3. The van der Waals surface area contributed by atoms with E-state index >= 15 is 0 Å². The largest absolute Gasteiger partial charge is 0.456 e. The van der Waals surface area contributed by atoms with Crippen LogP contribution in [0.15, 0.2) is 193 Å². The zero-order valence-corrected chi connectivity index (χ0v) is 38.0. The monoisotopic (exact) mass is 978 g/mol. The van der Waals surface area contributed by atoms with E-state index in [1.807, 2.05) is 79.3 Å². The van der Waals surface area contributed by atoms with E-state index in [0.29, 0.717) is 5.92 Å². The Hall–Kier alpha value is -5.78. The van der Waals surface area contributed by atoms with Gasteiger partial charge < -0.3 is 4.42 Å². The maximum Gasteiger partial charge on any atom is 0.136 e. The molecule has 10 rings (SSSR count). The Kier molecular flexibility index (Phi) is 14.1. The minimum atomic E-state index is -1.22. The summed E-state index contributed by atoms with van der Waals surface area (Å²) in [7, 11) is -1.22. The second-order valence-electron chi connectivity index (χ2n) is 16.3. The van der Waals surface area contributed by atoms with Crippen molar-refractivity contribution in [3.05, 3.63) is 194 Å². The Bertz CT molecular complexity index is 2670. The molecule has 5 aromatic carbocycles. The predicted molar refractivity (Wildman–Crippen MR) is 251 cm³/mol. The molecular formula is C54H51IrN3OSi. The zero-order chi connectivity index (χ0) is 40.4. The molecule has 4 aromatic heterocycles. The van der Waals surface area contributed by atoms with Gasteiger partial charge in [0.25, 0.3) is 0 Å². The molecule has 0 unspecified atom stereocenters. The van der Waals surface area contributed by atoms with Crippen molar-refractivity contribution in [3.8, 4) is 44.9 Å². The minimum Gasteiger partial charge on any atom is -0.456 e. The van der Waals surface area contributed by atoms with E-state index in [4.69, 9.17) is 9.40 Å². The quantitative estimate of drug-likeness (QED) is 0.156. The number of aromatic nitrogens is 3. The molecule has 1 aliphatic carbocycles. The molecule has 0 aliphatic heterocycles. The summed E-state index contributed by atoms with van der Waals surface area (Å²) in [4.78, 5) is 13.5. The average Bonchev–Trinajstić information content (AvgIpc) is 3.68. The van der Waals surface area contributed by atoms with Crippen LogP contribution in [0.2, 0.25) is 19.6 Å². The summed E-state index contributed by atoms with van der Waals surface area (Å²) in [6.07, 6.45) is 12.5. The molecule has 0 N–H and O–H groups in total. The smallest absolute Gasteiger partial charge is 0.136 e. The summed E-state index contributed by atoms with van der Waals surface area (Å²) in [5.41, 5.74) is 12.3. The first-order valence-electron chi connectivity index (χ1n) is 20.9. The molecule has 60 heavy (non-hydrogen) atoms. The molecule has 0 saturated heterocycles. The fourth-order valence-corrected chi connectivity index (χ4v) is 8.84. The van der Waals surface area contributed by atoms with Crippen molar-refractivity contribution >= 4 is 35.2 Å². The molecule has 0 spiro atoms. The number of furan rings is 1. The number of hydrogen-bond donors (Lipinski definition) is 0. The first-order chi connectivity index (χ1) is 28.9. The fourth-order valence-electron chi connectivity index (χ4n) is 7.80. The molecule has 1 saturated carbocycles. The van der Waals surface area contributed by atoms with E-state index in [1.165, 1.54) is 59.5 Å². The molecule has 0 atom stereocenters. The van der Waals surface area contributed by atoms with Crippen LogP contribution in [0.3, 0.4) is 0 Å². The summed E-state index contributed by atoms with van der Waals surface area (Å²) in [6.45, 7) is 7.02. The average molecular weight is 978 g/mol. The van der Waals surface area contributed by atoms with Gasteiger partial charge in [-0.3, -0.25) is 15.0 Å². The predicted octanol–water partition coefficient (Wildman–Crippen LogP) is 14.4. The van der Waals surface area contributed by atoms with Crippen molar-refractivity contribution in [1.82, 2.24) is 15.0 Å². The van der Waals surface area contributed by atoms with E-state index in [9.17, 15) is 0 Å². The molecule has 301 valence electrons. The third-order valence-corrected chi connectivity index (χ3v) is 13.2. The van der Waals surface area contributed by atoms with Crippen LogP contribution in [0.1, 0.15) is 43.6 Å². The van der Waals surface area contributed by atoms with Gasteiger partial charge in [-0.15, -0.1) is 0 Å². The van der Waals surface area contributed by atoms with Crippen molar-refractivity contribution in [3.63, 3.8) is 0 Å². The van der Waals surface area contributed by atoms with Gasteiger partial charge in [0.05, 0.1) is 25.2 Å². The first kappa shape index (κ1) is 42.3. The van der Waals surface area contributed by atoms with Crippen molar-refractivity contribution in [2.75, 3.05) is 0 Å². The molecule has 4 nitrogen and oxygen atoms in total. The molecule has 0 amide bonds. The fraction of sp³-hybridized carbons (Fsp3) is 0.167. The molecule has 1 aliphatic rings. The second-order valence-corrected chi connectivity index (χ2v) is 21.4. The van der Waals surface area contributed by atoms with E-state index in [1.54, 1.807) is 0 Å². The molecule has 1 radical (unpaired) electrons. The molecule has 1 fully saturated rings. The van der Waals surface area contributed by atoms with E-state index in [0.717, 1.165) is 50.1 Å². The van der Waals surface area contributed by atoms with Gasteiger partial charge in [0.1, 0.15) is 11.2 Å². The van der Waals surface area contributed by atoms with Crippen LogP contribution < -0.4 is 5.19 Å². The summed E-state index contributed by atoms with van der Waals surface area (Å²) in [5.74, 6) is 0.686. The van der Waals surface area contributed by atoms with Gasteiger partial charge in [-0.05, 0) is 101 Å². The van der Waals surface area contributed by atoms with Gasteiger partial charge in [-0.25, -0.2) is 0 Å². The normalized spacial score (nSPS) is 12.7. The summed E-state index contributed by atoms with van der Waals surface area (Å²) < 4.78 is 6.20. The van der Waals surface area contributed by atoms with Crippen LogP contribution in [-0.2, 0) is 20.1 Å². The third kappa shape index (κ3) is 10.5. The Morgan fingerprint density at radius 1 is 0.450 bits per heavy atom. The Labute approximate surface area is 369 Å². The number of hydrogen-bond acceptors (Lipinski definition) is 4. The second kappa shape index (κ2) is 20.0. The van der Waals surface area contributed by atoms with Crippen LogP contribution in [0.4, 0.5) is 0 Å². The van der Waals surface area contributed by atoms with Crippen molar-refractivity contribution in [2.45, 2.75) is 57.7 Å². The van der Waals surface area contributed by atoms with E-state index < -0.39 is 8.07 Å². The molecule has 9 aromatic rings. The summed E-state index contributed by atoms with van der Waals surface area (Å²) in [6, 6.07) is 58.6. The molecule has 4 heterocycles. The molecular weight excluding hydrogens is 927 g/mol. The van der Waals surface area contributed by atoms with Crippen LogP contribution in [0.5, 0.6) is 0 Å². The Morgan fingerprint density at radius 3 is 1.68 bits per heavy atom. The van der Waals surface area contributed by atoms with Crippen LogP contribution >= 0.6 is 0 Å². The van der Waals surface area contributed by atoms with Gasteiger partial charge in [0, 0.05) is 66.2 Å². The Morgan fingerprint density at radius 2 is 1.07 bits per heavy atom. The minimum absolute atomic E-state index is 0. The van der Waals surface area contributed by atoms with E-state index in [2.05, 4.69) is 139 Å². The van der Waals surface area contributed by atoms with Gasteiger partial charge in [0.2, 0.25) is 0 Å². The van der Waals surface area contributed by atoms with Gasteiger partial charge in [0.15, 0.2) is 0 Å². The summed E-state index contributed by atoms with van der Waals surface area (Å²) in [5, 5.41) is 3.71. The maximum absolute atomic E-state index is 6.20. The summed E-state index contributed by atoms with van der Waals surface area (Å²) >= 11 is 0. The SMILES string of the molecule is C[Si](C)(C)c1ccc(-c2ccccc2)nc1.[Ir].c1ccc(-c2ccc3c(c2)oc2ccc(-c4cc(C5CCCCC5)ccn4)cc23)cc1.c1ccc(-c2ccccn2)cc1. The van der Waals surface area contributed by atoms with Gasteiger partial charge in [-0.2, -0.15) is 0 Å². The van der Waals surface area contributed by atoms with Crippen LogP contribution in [-0.4, -0.2) is 23.0 Å². The number of nitrogens with zero attached hydrogens (tertiary/aromatic N) is 3. The van der Waals surface area contributed by atoms with Crippen LogP contribution in [0.25, 0.3) is 66.8 Å². The standard InChI is InChI=1S/C29H25NO.C14H17NSi.C11H9N.Ir/c1-3-7-20(8-4-1)22-11-13-25-26-17-24(12-14-28(26)31-29(25)19-22)27-18-23(15-16-30-27)21-9-5-2-6-10-21;1-16(2,3)13-9-10-14(15-11-13)12-7-5-4-6-8-12;1-2-6-10(7-3-1)11-8-4-5-9-12-11;/h1,3-4,7-8,11-19,21H,2,5-6,9-10H2;4-11H,1-3H3;1-9H;. The van der Waals surface area contributed by atoms with Crippen molar-refractivity contribution in [1.29, 1.82) is 0 Å². The van der Waals surface area contributed by atoms with Crippen LogP contribution in [0, 0.1) is 0 Å². The Balaban J connectivity index is 0.000000157. The maximum atomic E-state index is 6.20. The number of benzene rings is 5. The molecule has 0 bridgehead atoms. The zero-order valence-electron chi connectivity index (χ0n) is 34.6. The van der Waals surface area contributed by atoms with Gasteiger partial charge >= 0.3 is 0 Å². The number of rotatable bonds is 6. The number of fused-ring (bicyclic) bond motifs is 3. The topological polar surface area (TPSA) is 51.8 Å². The van der Waals surface area contributed by atoms with Crippen molar-refractivity contribution < 1.29 is 24.5 Å². The van der Waals surface area contributed by atoms with Gasteiger partial charge in [-0.1, -0.05) is 148 Å². The molecule has 6 heteroatoms. The van der Waals surface area contributed by atoms with E-state index in [-0.39, 0.29) is 20.1 Å².